The van der Waals surface area contributed by atoms with Crippen LogP contribution in [0.5, 0.6) is 0 Å². The summed E-state index contributed by atoms with van der Waals surface area (Å²) in [6, 6.07) is 9.70. The molecule has 0 saturated heterocycles. The molecule has 3 N–H and O–H groups in total. The highest BCUT2D eigenvalue weighted by Gasteiger charge is 2.28. The van der Waals surface area contributed by atoms with Crippen LogP contribution in [0.25, 0.3) is 0 Å². The minimum Gasteiger partial charge on any atom is -0.399 e. The third-order valence-electron chi connectivity index (χ3n) is 4.55. The van der Waals surface area contributed by atoms with Crippen molar-refractivity contribution in [1.29, 1.82) is 0 Å². The normalized spacial score (nSPS) is 21.0. The highest BCUT2D eigenvalue weighted by molar-refractivity contribution is 7.10. The zero-order valence-corrected chi connectivity index (χ0v) is 14.4. The molecule has 23 heavy (non-hydrogen) atoms. The highest BCUT2D eigenvalue weighted by atomic mass is 32.1. The number of hydrogen-bond acceptors (Lipinski definition) is 4. The Morgan fingerprint density at radius 1 is 1.30 bits per heavy atom. The third-order valence-corrected chi connectivity index (χ3v) is 5.65. The number of nitrogens with zero attached hydrogens (tertiary/aromatic N) is 1. The highest BCUT2D eigenvalue weighted by Crippen LogP contribution is 2.38. The second-order valence-corrected chi connectivity index (χ2v) is 7.14. The van der Waals surface area contributed by atoms with E-state index in [1.54, 1.807) is 24.3 Å². The summed E-state index contributed by atoms with van der Waals surface area (Å²) in [6.45, 7) is 7.09. The minimum absolute atomic E-state index is 0.0421. The second-order valence-electron chi connectivity index (χ2n) is 6.19. The standard InChI is InChI=1S/C18H23N3OS/c1-12-11-21(13(2)17-16(12)7-10-23-17)9-8-20-18(22)14-3-5-15(19)6-4-14/h3-7,10,12-13H,8-9,11,19H2,1-2H3,(H,20,22)/t12-,13-/m0/s1. The summed E-state index contributed by atoms with van der Waals surface area (Å²) < 4.78 is 0. The molecule has 122 valence electrons. The smallest absolute Gasteiger partial charge is 0.251 e. The van der Waals surface area contributed by atoms with Crippen molar-refractivity contribution in [2.75, 3.05) is 25.4 Å². The molecule has 1 amide bonds. The lowest BCUT2D eigenvalue weighted by Gasteiger charge is -2.36. The van der Waals surface area contributed by atoms with Gasteiger partial charge in [-0.15, -0.1) is 11.3 Å². The van der Waals surface area contributed by atoms with Crippen LogP contribution in [0.2, 0.25) is 0 Å². The number of thiophene rings is 1. The third kappa shape index (κ3) is 3.41. The summed E-state index contributed by atoms with van der Waals surface area (Å²) >= 11 is 1.84. The fraction of sp³-hybridized carbons (Fsp3) is 0.389. The van der Waals surface area contributed by atoms with Crippen LogP contribution in [0.3, 0.4) is 0 Å². The molecule has 0 fully saturated rings. The molecular formula is C18H23N3OS. The first-order valence-corrected chi connectivity index (χ1v) is 8.89. The summed E-state index contributed by atoms with van der Waals surface area (Å²) in [5, 5.41) is 5.19. The Labute approximate surface area is 141 Å². The van der Waals surface area contributed by atoms with Gasteiger partial charge in [-0.3, -0.25) is 9.69 Å². The summed E-state index contributed by atoms with van der Waals surface area (Å²) in [5.74, 6) is 0.514. The maximum atomic E-state index is 12.1. The van der Waals surface area contributed by atoms with Gasteiger partial charge in [-0.2, -0.15) is 0 Å². The van der Waals surface area contributed by atoms with E-state index in [1.807, 2.05) is 11.3 Å². The molecule has 2 heterocycles. The number of hydrogen-bond donors (Lipinski definition) is 2. The summed E-state index contributed by atoms with van der Waals surface area (Å²) in [7, 11) is 0. The molecule has 0 spiro atoms. The average Bonchev–Trinajstić information content (AvgIpc) is 3.03. The van der Waals surface area contributed by atoms with Gasteiger partial charge >= 0.3 is 0 Å². The van der Waals surface area contributed by atoms with E-state index in [9.17, 15) is 4.79 Å². The van der Waals surface area contributed by atoms with Gasteiger partial charge in [-0.05, 0) is 54.1 Å². The molecule has 0 saturated carbocycles. The fourth-order valence-corrected chi connectivity index (χ4v) is 4.30. The number of nitrogen functional groups attached to an aromatic ring is 1. The van der Waals surface area contributed by atoms with Crippen molar-refractivity contribution in [2.24, 2.45) is 0 Å². The predicted molar refractivity (Wildman–Crippen MR) is 95.9 cm³/mol. The molecule has 2 aromatic rings. The van der Waals surface area contributed by atoms with Gasteiger partial charge in [0, 0.05) is 41.8 Å². The summed E-state index contributed by atoms with van der Waals surface area (Å²) in [6.07, 6.45) is 0. The monoisotopic (exact) mass is 329 g/mol. The Morgan fingerprint density at radius 3 is 2.78 bits per heavy atom. The lowest BCUT2D eigenvalue weighted by atomic mass is 9.93. The lowest BCUT2D eigenvalue weighted by molar-refractivity contribution is 0.0942. The largest absolute Gasteiger partial charge is 0.399 e. The Kier molecular flexibility index (Phi) is 4.68. The number of carbonyl (C=O) groups is 1. The van der Waals surface area contributed by atoms with Gasteiger partial charge in [0.15, 0.2) is 0 Å². The number of rotatable bonds is 4. The molecule has 2 atom stereocenters. The van der Waals surface area contributed by atoms with Gasteiger partial charge in [-0.25, -0.2) is 0 Å². The molecule has 0 bridgehead atoms. The van der Waals surface area contributed by atoms with Gasteiger partial charge in [-0.1, -0.05) is 6.92 Å². The summed E-state index contributed by atoms with van der Waals surface area (Å²) in [5.41, 5.74) is 8.46. The van der Waals surface area contributed by atoms with Crippen LogP contribution >= 0.6 is 11.3 Å². The first-order chi connectivity index (χ1) is 11.1. The number of fused-ring (bicyclic) bond motifs is 1. The molecule has 0 unspecified atom stereocenters. The average molecular weight is 329 g/mol. The molecule has 1 aliphatic heterocycles. The van der Waals surface area contributed by atoms with Crippen LogP contribution in [0, 0.1) is 0 Å². The minimum atomic E-state index is -0.0421. The van der Waals surface area contributed by atoms with E-state index in [4.69, 9.17) is 5.73 Å². The number of amides is 1. The Bertz CT molecular complexity index is 680. The van der Waals surface area contributed by atoms with Crippen LogP contribution < -0.4 is 11.1 Å². The van der Waals surface area contributed by atoms with E-state index in [0.29, 0.717) is 29.8 Å². The van der Waals surface area contributed by atoms with Gasteiger partial charge in [0.2, 0.25) is 0 Å². The Hall–Kier alpha value is -1.85. The maximum Gasteiger partial charge on any atom is 0.251 e. The van der Waals surface area contributed by atoms with Crippen molar-refractivity contribution < 1.29 is 4.79 Å². The first-order valence-electron chi connectivity index (χ1n) is 8.01. The van der Waals surface area contributed by atoms with E-state index >= 15 is 0 Å². The topological polar surface area (TPSA) is 58.4 Å². The van der Waals surface area contributed by atoms with Crippen molar-refractivity contribution in [3.8, 4) is 0 Å². The molecule has 0 radical (unpaired) electrons. The molecule has 1 aromatic heterocycles. The van der Waals surface area contributed by atoms with E-state index < -0.39 is 0 Å². The summed E-state index contributed by atoms with van der Waals surface area (Å²) in [4.78, 5) is 16.0. The fourth-order valence-electron chi connectivity index (χ4n) is 3.19. The van der Waals surface area contributed by atoms with E-state index in [-0.39, 0.29) is 5.91 Å². The molecule has 1 aromatic carbocycles. The predicted octanol–water partition coefficient (Wildman–Crippen LogP) is 3.24. The molecule has 4 nitrogen and oxygen atoms in total. The zero-order chi connectivity index (χ0) is 16.4. The van der Waals surface area contributed by atoms with Crippen LogP contribution in [0.4, 0.5) is 5.69 Å². The van der Waals surface area contributed by atoms with Crippen LogP contribution in [-0.4, -0.2) is 30.4 Å². The van der Waals surface area contributed by atoms with Crippen LogP contribution in [-0.2, 0) is 0 Å². The van der Waals surface area contributed by atoms with E-state index in [1.165, 1.54) is 10.4 Å². The molecule has 5 heteroatoms. The SMILES string of the molecule is C[C@H]1CN(CCNC(=O)c2ccc(N)cc2)[C@@H](C)c2sccc21. The van der Waals surface area contributed by atoms with Crippen molar-refractivity contribution >= 4 is 22.9 Å². The molecule has 0 aliphatic carbocycles. The van der Waals surface area contributed by atoms with Crippen molar-refractivity contribution in [2.45, 2.75) is 25.8 Å². The van der Waals surface area contributed by atoms with E-state index in [2.05, 4.69) is 35.5 Å². The number of nitrogens with two attached hydrogens (primary N) is 1. The molecular weight excluding hydrogens is 306 g/mol. The first kappa shape index (κ1) is 16.0. The number of anilines is 1. The zero-order valence-electron chi connectivity index (χ0n) is 13.6. The van der Waals surface area contributed by atoms with Gasteiger partial charge in [0.05, 0.1) is 0 Å². The number of nitrogens with one attached hydrogen (secondary N) is 1. The van der Waals surface area contributed by atoms with Crippen molar-refractivity contribution in [1.82, 2.24) is 10.2 Å². The Balaban J connectivity index is 1.55. The van der Waals surface area contributed by atoms with Gasteiger partial charge in [0.25, 0.3) is 5.91 Å². The number of benzene rings is 1. The Morgan fingerprint density at radius 2 is 2.04 bits per heavy atom. The second kappa shape index (κ2) is 6.72. The maximum absolute atomic E-state index is 12.1. The number of carbonyl (C=O) groups excluding carboxylic acids is 1. The van der Waals surface area contributed by atoms with Crippen molar-refractivity contribution in [3.05, 3.63) is 51.7 Å². The van der Waals surface area contributed by atoms with Crippen molar-refractivity contribution in [3.63, 3.8) is 0 Å². The van der Waals surface area contributed by atoms with E-state index in [0.717, 1.165) is 13.1 Å². The van der Waals surface area contributed by atoms with Gasteiger partial charge < -0.3 is 11.1 Å². The molecule has 1 aliphatic rings. The van der Waals surface area contributed by atoms with Gasteiger partial charge in [0.1, 0.15) is 0 Å². The molecule has 3 rings (SSSR count). The van der Waals surface area contributed by atoms with Crippen LogP contribution in [0.1, 0.15) is 46.6 Å². The van der Waals surface area contributed by atoms with Crippen LogP contribution in [0.15, 0.2) is 35.7 Å². The quantitative estimate of drug-likeness (QED) is 0.847. The lowest BCUT2D eigenvalue weighted by Crippen LogP contribution is -2.40.